The highest BCUT2D eigenvalue weighted by molar-refractivity contribution is 7.16. The van der Waals surface area contributed by atoms with Crippen molar-refractivity contribution in [2.75, 3.05) is 26.7 Å². The number of halogens is 1. The summed E-state index contributed by atoms with van der Waals surface area (Å²) in [5, 5.41) is 3.28. The van der Waals surface area contributed by atoms with Crippen molar-refractivity contribution in [2.24, 2.45) is 0 Å². The van der Waals surface area contributed by atoms with Gasteiger partial charge in [0.25, 0.3) is 0 Å². The Morgan fingerprint density at radius 2 is 2.36 bits per heavy atom. The average Bonchev–Trinajstić information content (AvgIpc) is 2.45. The summed E-state index contributed by atoms with van der Waals surface area (Å²) in [6.45, 7) is 3.41. The number of nitrogens with one attached hydrogen (secondary N) is 1. The third kappa shape index (κ3) is 2.48. The van der Waals surface area contributed by atoms with Crippen LogP contribution in [-0.4, -0.2) is 37.6 Å². The van der Waals surface area contributed by atoms with Gasteiger partial charge in [-0.25, -0.2) is 0 Å². The molecule has 0 amide bonds. The summed E-state index contributed by atoms with van der Waals surface area (Å²) in [4.78, 5) is 3.80. The lowest BCUT2D eigenvalue weighted by molar-refractivity contribution is 0.182. The summed E-state index contributed by atoms with van der Waals surface area (Å²) in [6, 6.07) is 4.84. The fraction of sp³-hybridized carbons (Fsp3) is 0.600. The van der Waals surface area contributed by atoms with E-state index in [1.54, 1.807) is 11.3 Å². The molecule has 2 rings (SSSR count). The van der Waals surface area contributed by atoms with Gasteiger partial charge in [-0.15, -0.1) is 11.3 Å². The minimum absolute atomic E-state index is 0.741. The van der Waals surface area contributed by atoms with Gasteiger partial charge in [0.15, 0.2) is 0 Å². The molecule has 1 N–H and O–H groups in total. The number of thiophene rings is 1. The molecule has 78 valence electrons. The van der Waals surface area contributed by atoms with Gasteiger partial charge in [-0.1, -0.05) is 11.6 Å². The molecule has 1 aliphatic heterocycles. The summed E-state index contributed by atoms with van der Waals surface area (Å²) in [5.74, 6) is 0. The van der Waals surface area contributed by atoms with Gasteiger partial charge in [-0.05, 0) is 25.6 Å². The smallest absolute Gasteiger partial charge is 0.0931 e. The van der Waals surface area contributed by atoms with Gasteiger partial charge in [-0.2, -0.15) is 0 Å². The van der Waals surface area contributed by atoms with Crippen molar-refractivity contribution >= 4 is 22.9 Å². The molecule has 2 heterocycles. The Bertz CT molecular complexity index is 296. The van der Waals surface area contributed by atoms with Crippen LogP contribution in [0.1, 0.15) is 4.88 Å². The number of likely N-dealkylation sites (N-methyl/N-ethyl adjacent to an activating group) is 1. The Kier molecular flexibility index (Phi) is 3.44. The standard InChI is InChI=1S/C10H15ClN2S/c1-13(8-6-12-7-8)5-4-9-2-3-10(11)14-9/h2-3,8,12H,4-7H2,1H3. The van der Waals surface area contributed by atoms with Crippen LogP contribution in [0, 0.1) is 0 Å². The molecule has 0 radical (unpaired) electrons. The minimum Gasteiger partial charge on any atom is -0.314 e. The maximum atomic E-state index is 5.87. The second-order valence-corrected chi connectivity index (χ2v) is 5.55. The van der Waals surface area contributed by atoms with Crippen LogP contribution >= 0.6 is 22.9 Å². The molecule has 1 aliphatic rings. The van der Waals surface area contributed by atoms with Crippen LogP contribution in [0.4, 0.5) is 0 Å². The van der Waals surface area contributed by atoms with E-state index in [0.717, 1.165) is 36.4 Å². The predicted octanol–water partition coefficient (Wildman–Crippen LogP) is 1.85. The van der Waals surface area contributed by atoms with E-state index in [1.807, 2.05) is 6.07 Å². The van der Waals surface area contributed by atoms with Crippen molar-refractivity contribution < 1.29 is 0 Å². The second-order valence-electron chi connectivity index (χ2n) is 3.75. The first kappa shape index (κ1) is 10.4. The quantitative estimate of drug-likeness (QED) is 0.850. The molecule has 0 unspecified atom stereocenters. The fourth-order valence-corrected chi connectivity index (χ4v) is 2.62. The van der Waals surface area contributed by atoms with Gasteiger partial charge >= 0.3 is 0 Å². The van der Waals surface area contributed by atoms with Gasteiger partial charge in [-0.3, -0.25) is 0 Å². The minimum atomic E-state index is 0.741. The molecule has 0 aliphatic carbocycles. The molecule has 14 heavy (non-hydrogen) atoms. The maximum Gasteiger partial charge on any atom is 0.0931 e. The van der Waals surface area contributed by atoms with E-state index in [1.165, 1.54) is 4.88 Å². The zero-order chi connectivity index (χ0) is 9.97. The molecule has 2 nitrogen and oxygen atoms in total. The van der Waals surface area contributed by atoms with Crippen molar-refractivity contribution in [1.29, 1.82) is 0 Å². The third-order valence-corrected chi connectivity index (χ3v) is 4.01. The van der Waals surface area contributed by atoms with Gasteiger partial charge < -0.3 is 10.2 Å². The lowest BCUT2D eigenvalue weighted by Crippen LogP contribution is -2.56. The molecule has 1 saturated heterocycles. The fourth-order valence-electron chi connectivity index (χ4n) is 1.54. The first-order valence-electron chi connectivity index (χ1n) is 4.91. The van der Waals surface area contributed by atoms with Crippen LogP contribution in [0.2, 0.25) is 4.34 Å². The zero-order valence-electron chi connectivity index (χ0n) is 8.29. The van der Waals surface area contributed by atoms with Crippen LogP contribution in [0.5, 0.6) is 0 Å². The Morgan fingerprint density at radius 3 is 2.86 bits per heavy atom. The van der Waals surface area contributed by atoms with Crippen LogP contribution < -0.4 is 5.32 Å². The summed E-state index contributed by atoms with van der Waals surface area (Å²) in [7, 11) is 2.20. The molecule has 4 heteroatoms. The first-order valence-corrected chi connectivity index (χ1v) is 6.10. The molecule has 0 atom stereocenters. The van der Waals surface area contributed by atoms with E-state index in [-0.39, 0.29) is 0 Å². The lowest BCUT2D eigenvalue weighted by atomic mass is 10.1. The molecule has 0 saturated carbocycles. The predicted molar refractivity (Wildman–Crippen MR) is 62.3 cm³/mol. The van der Waals surface area contributed by atoms with Crippen LogP contribution in [0.3, 0.4) is 0 Å². The first-order chi connectivity index (χ1) is 6.75. The zero-order valence-corrected chi connectivity index (χ0v) is 9.87. The van der Waals surface area contributed by atoms with Crippen molar-refractivity contribution in [1.82, 2.24) is 10.2 Å². The number of hydrogen-bond acceptors (Lipinski definition) is 3. The van der Waals surface area contributed by atoms with E-state index in [2.05, 4.69) is 23.3 Å². The molecular weight excluding hydrogens is 216 g/mol. The Balaban J connectivity index is 1.76. The van der Waals surface area contributed by atoms with Crippen LogP contribution in [-0.2, 0) is 6.42 Å². The number of hydrogen-bond donors (Lipinski definition) is 1. The van der Waals surface area contributed by atoms with E-state index < -0.39 is 0 Å². The van der Waals surface area contributed by atoms with Crippen molar-refractivity contribution in [3.8, 4) is 0 Å². The highest BCUT2D eigenvalue weighted by Crippen LogP contribution is 2.22. The van der Waals surface area contributed by atoms with Crippen molar-refractivity contribution in [3.63, 3.8) is 0 Å². The average molecular weight is 231 g/mol. The second kappa shape index (κ2) is 4.62. The van der Waals surface area contributed by atoms with Crippen molar-refractivity contribution in [2.45, 2.75) is 12.5 Å². The molecular formula is C10H15ClN2S. The molecule has 1 fully saturated rings. The van der Waals surface area contributed by atoms with Gasteiger partial charge in [0.2, 0.25) is 0 Å². The van der Waals surface area contributed by atoms with E-state index in [0.29, 0.717) is 0 Å². The molecule has 0 spiro atoms. The molecule has 1 aromatic rings. The van der Waals surface area contributed by atoms with E-state index in [9.17, 15) is 0 Å². The highest BCUT2D eigenvalue weighted by Gasteiger charge is 2.20. The van der Waals surface area contributed by atoms with Crippen LogP contribution in [0.15, 0.2) is 12.1 Å². The Labute approximate surface area is 93.9 Å². The van der Waals surface area contributed by atoms with Crippen LogP contribution in [0.25, 0.3) is 0 Å². The largest absolute Gasteiger partial charge is 0.314 e. The lowest BCUT2D eigenvalue weighted by Gasteiger charge is -2.35. The molecule has 0 bridgehead atoms. The summed E-state index contributed by atoms with van der Waals surface area (Å²) in [5.41, 5.74) is 0. The number of rotatable bonds is 4. The topological polar surface area (TPSA) is 15.3 Å². The third-order valence-electron chi connectivity index (χ3n) is 2.72. The molecule has 0 aromatic carbocycles. The number of nitrogens with zero attached hydrogens (tertiary/aromatic N) is 1. The van der Waals surface area contributed by atoms with Gasteiger partial charge in [0.05, 0.1) is 4.34 Å². The Morgan fingerprint density at radius 1 is 1.57 bits per heavy atom. The molecule has 1 aromatic heterocycles. The monoisotopic (exact) mass is 230 g/mol. The van der Waals surface area contributed by atoms with Gasteiger partial charge in [0, 0.05) is 30.6 Å². The van der Waals surface area contributed by atoms with Crippen molar-refractivity contribution in [3.05, 3.63) is 21.3 Å². The summed E-state index contributed by atoms with van der Waals surface area (Å²) in [6.07, 6.45) is 1.12. The van der Waals surface area contributed by atoms with E-state index >= 15 is 0 Å². The SMILES string of the molecule is CN(CCc1ccc(Cl)s1)C1CNC1. The normalized spacial score (nSPS) is 17.4. The Hall–Kier alpha value is -0.0900. The summed E-state index contributed by atoms with van der Waals surface area (Å²) < 4.78 is 0.896. The van der Waals surface area contributed by atoms with Gasteiger partial charge in [0.1, 0.15) is 0 Å². The van der Waals surface area contributed by atoms with E-state index in [4.69, 9.17) is 11.6 Å². The highest BCUT2D eigenvalue weighted by atomic mass is 35.5. The summed E-state index contributed by atoms with van der Waals surface area (Å²) >= 11 is 7.56. The maximum absolute atomic E-state index is 5.87.